The van der Waals surface area contributed by atoms with Gasteiger partial charge in [0, 0.05) is 37.6 Å². The average Bonchev–Trinajstić information content (AvgIpc) is 3.06. The summed E-state index contributed by atoms with van der Waals surface area (Å²) in [5, 5.41) is 0.993. The van der Waals surface area contributed by atoms with Gasteiger partial charge in [0.25, 0.3) is 0 Å². The number of hydrogen-bond donors (Lipinski definition) is 0. The number of amides is 1. The molecule has 2 heterocycles. The lowest BCUT2D eigenvalue weighted by molar-refractivity contribution is -0.133. The van der Waals surface area contributed by atoms with Gasteiger partial charge in [-0.05, 0) is 31.5 Å². The minimum absolute atomic E-state index is 0.0361. The number of likely N-dealkylation sites (N-methyl/N-ethyl adjacent to an activating group) is 1. The molecule has 0 spiro atoms. The van der Waals surface area contributed by atoms with Gasteiger partial charge in [-0.15, -0.1) is 0 Å². The molecule has 0 fully saturated rings. The number of aromatic nitrogens is 3. The molecule has 3 aromatic rings. The van der Waals surface area contributed by atoms with Gasteiger partial charge in [-0.2, -0.15) is 0 Å². The second-order valence-electron chi connectivity index (χ2n) is 6.08. The molecule has 0 saturated carbocycles. The van der Waals surface area contributed by atoms with Crippen LogP contribution in [0, 0.1) is 6.92 Å². The number of aryl methyl sites for hydroxylation is 1. The van der Waals surface area contributed by atoms with Crippen molar-refractivity contribution in [3.8, 4) is 5.75 Å². The molecule has 0 bridgehead atoms. The van der Waals surface area contributed by atoms with Crippen molar-refractivity contribution >= 4 is 16.8 Å². The third-order valence-corrected chi connectivity index (χ3v) is 4.46. The molecular formula is C19H22N4O2. The molecule has 0 aliphatic carbocycles. The molecule has 0 saturated heterocycles. The van der Waals surface area contributed by atoms with Crippen molar-refractivity contribution in [1.82, 2.24) is 19.4 Å². The summed E-state index contributed by atoms with van der Waals surface area (Å²) >= 11 is 0. The van der Waals surface area contributed by atoms with E-state index >= 15 is 0 Å². The van der Waals surface area contributed by atoms with Crippen LogP contribution < -0.4 is 4.74 Å². The molecule has 0 aliphatic rings. The van der Waals surface area contributed by atoms with Crippen molar-refractivity contribution < 1.29 is 9.53 Å². The van der Waals surface area contributed by atoms with Crippen LogP contribution >= 0.6 is 0 Å². The van der Waals surface area contributed by atoms with Crippen molar-refractivity contribution in [2.24, 2.45) is 0 Å². The lowest BCUT2D eigenvalue weighted by Crippen LogP contribution is -2.33. The van der Waals surface area contributed by atoms with Crippen LogP contribution in [-0.2, 0) is 11.3 Å². The van der Waals surface area contributed by atoms with Gasteiger partial charge in [0.15, 0.2) is 0 Å². The summed E-state index contributed by atoms with van der Waals surface area (Å²) in [6.45, 7) is 4.29. The molecule has 0 radical (unpaired) electrons. The van der Waals surface area contributed by atoms with Crippen molar-refractivity contribution in [2.75, 3.05) is 14.2 Å². The number of imidazole rings is 1. The molecule has 25 heavy (non-hydrogen) atoms. The normalized spacial score (nSPS) is 12.2. The Hall–Kier alpha value is -2.89. The third kappa shape index (κ3) is 3.20. The number of pyridine rings is 1. The zero-order valence-electron chi connectivity index (χ0n) is 14.9. The van der Waals surface area contributed by atoms with Crippen LogP contribution in [0.2, 0.25) is 0 Å². The molecule has 0 N–H and O–H groups in total. The topological polar surface area (TPSA) is 60.2 Å². The number of methoxy groups -OCH3 is 1. The smallest absolute Gasteiger partial charge is 0.245 e. The fourth-order valence-corrected chi connectivity index (χ4v) is 3.08. The fourth-order valence-electron chi connectivity index (χ4n) is 3.08. The van der Waals surface area contributed by atoms with Crippen LogP contribution in [-0.4, -0.2) is 39.5 Å². The number of carbonyl (C=O) groups excluding carboxylic acids is 1. The van der Waals surface area contributed by atoms with Crippen LogP contribution in [0.5, 0.6) is 5.75 Å². The molecule has 130 valence electrons. The highest BCUT2D eigenvalue weighted by Crippen LogP contribution is 2.27. The van der Waals surface area contributed by atoms with E-state index in [0.29, 0.717) is 6.54 Å². The summed E-state index contributed by atoms with van der Waals surface area (Å²) in [7, 11) is 3.45. The van der Waals surface area contributed by atoms with Crippen LogP contribution in [0.1, 0.15) is 24.4 Å². The maximum absolute atomic E-state index is 12.8. The van der Waals surface area contributed by atoms with E-state index in [0.717, 1.165) is 28.0 Å². The van der Waals surface area contributed by atoms with Gasteiger partial charge < -0.3 is 14.2 Å². The molecule has 0 aliphatic heterocycles. The van der Waals surface area contributed by atoms with Crippen molar-refractivity contribution in [3.63, 3.8) is 0 Å². The minimum Gasteiger partial charge on any atom is -0.494 e. The summed E-state index contributed by atoms with van der Waals surface area (Å²) in [4.78, 5) is 23.1. The number of ether oxygens (including phenoxy) is 1. The number of rotatable bonds is 5. The van der Waals surface area contributed by atoms with Crippen molar-refractivity contribution in [1.29, 1.82) is 0 Å². The summed E-state index contributed by atoms with van der Waals surface area (Å²) in [6.07, 6.45) is 5.29. The molecule has 1 aromatic carbocycles. The average molecular weight is 338 g/mol. The Bertz CT molecular complexity index is 903. The Kier molecular flexibility index (Phi) is 4.70. The van der Waals surface area contributed by atoms with E-state index in [9.17, 15) is 4.79 Å². The third-order valence-electron chi connectivity index (χ3n) is 4.46. The number of benzene rings is 1. The molecule has 1 atom stereocenters. The maximum atomic E-state index is 12.8. The molecule has 0 unspecified atom stereocenters. The van der Waals surface area contributed by atoms with E-state index < -0.39 is 0 Å². The van der Waals surface area contributed by atoms with Gasteiger partial charge in [-0.3, -0.25) is 9.78 Å². The van der Waals surface area contributed by atoms with Gasteiger partial charge in [-0.25, -0.2) is 4.98 Å². The molecule has 1 amide bonds. The summed E-state index contributed by atoms with van der Waals surface area (Å²) in [5.41, 5.74) is 1.84. The highest BCUT2D eigenvalue weighted by molar-refractivity contribution is 5.88. The van der Waals surface area contributed by atoms with Crippen molar-refractivity contribution in [3.05, 3.63) is 54.2 Å². The van der Waals surface area contributed by atoms with Crippen molar-refractivity contribution in [2.45, 2.75) is 26.4 Å². The van der Waals surface area contributed by atoms with E-state index in [4.69, 9.17) is 4.74 Å². The summed E-state index contributed by atoms with van der Waals surface area (Å²) in [5.74, 6) is 1.60. The SMILES string of the molecule is COc1ccc(CN(C)C(=O)[C@@H](C)n2ccnc2C)c2cccnc12. The van der Waals surface area contributed by atoms with Gasteiger partial charge in [0.1, 0.15) is 23.1 Å². The quantitative estimate of drug-likeness (QED) is 0.717. The largest absolute Gasteiger partial charge is 0.494 e. The second kappa shape index (κ2) is 6.93. The monoisotopic (exact) mass is 338 g/mol. The van der Waals surface area contributed by atoms with E-state index in [1.54, 1.807) is 24.4 Å². The number of fused-ring (bicyclic) bond motifs is 1. The summed E-state index contributed by atoms with van der Waals surface area (Å²) < 4.78 is 7.26. The van der Waals surface area contributed by atoms with Crippen LogP contribution in [0.25, 0.3) is 10.9 Å². The van der Waals surface area contributed by atoms with Gasteiger partial charge in [0.2, 0.25) is 5.91 Å². The number of hydrogen-bond acceptors (Lipinski definition) is 4. The van der Waals surface area contributed by atoms with E-state index in [1.807, 2.05) is 55.9 Å². The van der Waals surface area contributed by atoms with Crippen LogP contribution in [0.15, 0.2) is 42.9 Å². The van der Waals surface area contributed by atoms with E-state index in [-0.39, 0.29) is 11.9 Å². The van der Waals surface area contributed by atoms with Crippen LogP contribution in [0.4, 0.5) is 0 Å². The predicted molar refractivity (Wildman–Crippen MR) is 96.4 cm³/mol. The molecule has 2 aromatic heterocycles. The zero-order valence-corrected chi connectivity index (χ0v) is 14.9. The first-order valence-electron chi connectivity index (χ1n) is 8.18. The Balaban J connectivity index is 1.86. The standard InChI is InChI=1S/C19H22N4O2/c1-13(23-11-10-20-14(23)2)19(24)22(3)12-15-7-8-17(25-4)18-16(15)6-5-9-21-18/h5-11,13H,12H2,1-4H3/t13-/m1/s1. The maximum Gasteiger partial charge on any atom is 0.245 e. The first kappa shape index (κ1) is 17.0. The fraction of sp³-hybridized carbons (Fsp3) is 0.316. The minimum atomic E-state index is -0.296. The molecular weight excluding hydrogens is 316 g/mol. The Labute approximate surface area is 147 Å². The Morgan fingerprint density at radius 1 is 1.28 bits per heavy atom. The van der Waals surface area contributed by atoms with Gasteiger partial charge in [0.05, 0.1) is 7.11 Å². The lowest BCUT2D eigenvalue weighted by Gasteiger charge is -2.23. The first-order chi connectivity index (χ1) is 12.0. The van der Waals surface area contributed by atoms with E-state index in [1.165, 1.54) is 0 Å². The lowest BCUT2D eigenvalue weighted by atomic mass is 10.1. The highest BCUT2D eigenvalue weighted by atomic mass is 16.5. The molecule has 3 rings (SSSR count). The van der Waals surface area contributed by atoms with Crippen LogP contribution in [0.3, 0.4) is 0 Å². The molecule has 6 nitrogen and oxygen atoms in total. The first-order valence-corrected chi connectivity index (χ1v) is 8.18. The highest BCUT2D eigenvalue weighted by Gasteiger charge is 2.21. The van der Waals surface area contributed by atoms with Gasteiger partial charge in [-0.1, -0.05) is 12.1 Å². The summed E-state index contributed by atoms with van der Waals surface area (Å²) in [6, 6.07) is 7.48. The Morgan fingerprint density at radius 2 is 2.08 bits per heavy atom. The molecule has 6 heteroatoms. The van der Waals surface area contributed by atoms with E-state index in [2.05, 4.69) is 9.97 Å². The zero-order chi connectivity index (χ0) is 18.0. The number of carbonyl (C=O) groups is 1. The Morgan fingerprint density at radius 3 is 2.76 bits per heavy atom. The second-order valence-corrected chi connectivity index (χ2v) is 6.08. The predicted octanol–water partition coefficient (Wildman–Crippen LogP) is 2.97. The number of nitrogens with zero attached hydrogens (tertiary/aromatic N) is 4. The van der Waals surface area contributed by atoms with Gasteiger partial charge >= 0.3 is 0 Å².